The van der Waals surface area contributed by atoms with Gasteiger partial charge in [-0.05, 0) is 0 Å². The standard InChI is InChI=1S/C9H9Te/c1-10-7-6-8-4-2-3-5-9(8)10/h2-7H,1H3/q+1. The monoisotopic (exact) mass is 247 g/mol. The third-order valence-corrected chi connectivity index (χ3v) is 6.31. The van der Waals surface area contributed by atoms with E-state index >= 15 is 0 Å². The summed E-state index contributed by atoms with van der Waals surface area (Å²) in [5, 5.41) is 1.46. The van der Waals surface area contributed by atoms with E-state index < -0.39 is 19.1 Å². The van der Waals surface area contributed by atoms with E-state index in [9.17, 15) is 0 Å². The SMILES string of the molecule is C[te+]1ccc2ccccc21. The van der Waals surface area contributed by atoms with Crippen LogP contribution in [0.5, 0.6) is 0 Å². The fourth-order valence-electron chi connectivity index (χ4n) is 1.16. The van der Waals surface area contributed by atoms with Crippen molar-refractivity contribution in [3.8, 4) is 0 Å². The molecular weight excluding hydrogens is 236 g/mol. The Morgan fingerprint density at radius 3 is 2.70 bits per heavy atom. The van der Waals surface area contributed by atoms with Gasteiger partial charge in [0.1, 0.15) is 0 Å². The Bertz CT molecular complexity index is 346. The zero-order valence-electron chi connectivity index (χ0n) is 5.87. The van der Waals surface area contributed by atoms with Crippen molar-refractivity contribution in [3.63, 3.8) is 0 Å². The van der Waals surface area contributed by atoms with Crippen molar-refractivity contribution in [1.82, 2.24) is 0 Å². The first-order chi connectivity index (χ1) is 4.88. The molecule has 0 fully saturated rings. The maximum atomic E-state index is 2.41. The maximum absolute atomic E-state index is 2.41. The molecule has 0 saturated carbocycles. The summed E-state index contributed by atoms with van der Waals surface area (Å²) in [6.45, 7) is 0. The van der Waals surface area contributed by atoms with Gasteiger partial charge in [0.15, 0.2) is 0 Å². The van der Waals surface area contributed by atoms with Gasteiger partial charge in [-0.25, -0.2) is 0 Å². The molecular formula is C9H9Te+. The van der Waals surface area contributed by atoms with Crippen LogP contribution >= 0.6 is 0 Å². The summed E-state index contributed by atoms with van der Waals surface area (Å²) in [7, 11) is 0. The summed E-state index contributed by atoms with van der Waals surface area (Å²) in [4.78, 5) is 2.39. The van der Waals surface area contributed by atoms with E-state index in [2.05, 4.69) is 39.4 Å². The van der Waals surface area contributed by atoms with Gasteiger partial charge in [-0.1, -0.05) is 0 Å². The van der Waals surface area contributed by atoms with Gasteiger partial charge in [-0.3, -0.25) is 0 Å². The molecule has 0 saturated heterocycles. The first-order valence-corrected chi connectivity index (χ1v) is 8.14. The Kier molecular flexibility index (Phi) is 1.56. The molecule has 0 nitrogen and oxygen atoms in total. The zero-order valence-corrected chi connectivity index (χ0v) is 8.20. The van der Waals surface area contributed by atoms with E-state index in [1.54, 1.807) is 3.40 Å². The van der Waals surface area contributed by atoms with Gasteiger partial charge in [-0.15, -0.1) is 0 Å². The van der Waals surface area contributed by atoms with Crippen LogP contribution in [0.2, 0.25) is 0 Å². The molecule has 0 radical (unpaired) electrons. The molecule has 50 valence electrons. The van der Waals surface area contributed by atoms with Gasteiger partial charge in [0.25, 0.3) is 0 Å². The van der Waals surface area contributed by atoms with Crippen LogP contribution in [0.4, 0.5) is 0 Å². The van der Waals surface area contributed by atoms with Crippen molar-refractivity contribution in [1.29, 1.82) is 0 Å². The van der Waals surface area contributed by atoms with Gasteiger partial charge in [0.2, 0.25) is 0 Å². The molecule has 0 aliphatic carbocycles. The first kappa shape index (κ1) is 6.46. The molecule has 1 aromatic carbocycles. The van der Waals surface area contributed by atoms with Crippen LogP contribution in [0.15, 0.2) is 34.4 Å². The molecule has 0 atom stereocenters. The van der Waals surface area contributed by atoms with E-state index in [1.165, 1.54) is 5.39 Å². The van der Waals surface area contributed by atoms with E-state index in [0.717, 1.165) is 0 Å². The number of rotatable bonds is 0. The van der Waals surface area contributed by atoms with E-state index in [-0.39, 0.29) is 0 Å². The van der Waals surface area contributed by atoms with Crippen LogP contribution in [-0.2, 0) is 4.97 Å². The molecule has 0 amide bonds. The van der Waals surface area contributed by atoms with E-state index in [1.807, 2.05) is 0 Å². The van der Waals surface area contributed by atoms with Crippen LogP contribution in [0.25, 0.3) is 8.79 Å². The molecule has 0 N–H and O–H groups in total. The Balaban J connectivity index is 2.93. The zero-order chi connectivity index (χ0) is 6.97. The van der Waals surface area contributed by atoms with Crippen LogP contribution in [0, 0.1) is 0 Å². The Morgan fingerprint density at radius 2 is 1.90 bits per heavy atom. The summed E-state index contributed by atoms with van der Waals surface area (Å²) >= 11 is -0.907. The van der Waals surface area contributed by atoms with Gasteiger partial charge in [-0.2, -0.15) is 0 Å². The molecule has 0 unspecified atom stereocenters. The molecule has 1 heterocycles. The Labute approximate surface area is 67.3 Å². The fourth-order valence-corrected chi connectivity index (χ4v) is 4.87. The summed E-state index contributed by atoms with van der Waals surface area (Å²) < 4.78 is 4.04. The predicted molar refractivity (Wildman–Crippen MR) is 46.5 cm³/mol. The van der Waals surface area contributed by atoms with Crippen LogP contribution in [0.1, 0.15) is 0 Å². The number of hydrogen-bond donors (Lipinski definition) is 0. The third kappa shape index (κ3) is 0.905. The van der Waals surface area contributed by atoms with Gasteiger partial charge in [0, 0.05) is 0 Å². The number of benzene rings is 1. The third-order valence-electron chi connectivity index (χ3n) is 1.72. The molecule has 2 aromatic rings. The second kappa shape index (κ2) is 2.42. The number of fused-ring (bicyclic) bond motifs is 1. The predicted octanol–water partition coefficient (Wildman–Crippen LogP) is 2.12. The van der Waals surface area contributed by atoms with Crippen molar-refractivity contribution < 1.29 is 0 Å². The first-order valence-electron chi connectivity index (χ1n) is 3.30. The molecule has 0 spiro atoms. The Morgan fingerprint density at radius 1 is 1.10 bits per heavy atom. The number of aryl methyl sites for hydroxylation is 1. The van der Waals surface area contributed by atoms with Crippen molar-refractivity contribution in [3.05, 3.63) is 34.4 Å². The summed E-state index contributed by atoms with van der Waals surface area (Å²) in [6.07, 6.45) is 0. The quantitative estimate of drug-likeness (QED) is 0.623. The van der Waals surface area contributed by atoms with E-state index in [0.29, 0.717) is 0 Å². The fraction of sp³-hybridized carbons (Fsp3) is 0.111. The Hall–Kier alpha value is -0.250. The van der Waals surface area contributed by atoms with Gasteiger partial charge < -0.3 is 0 Å². The second-order valence-corrected chi connectivity index (χ2v) is 7.61. The molecule has 2 rings (SSSR count). The summed E-state index contributed by atoms with van der Waals surface area (Å²) in [5.41, 5.74) is 0. The number of hydrogen-bond acceptors (Lipinski definition) is 0. The van der Waals surface area contributed by atoms with Gasteiger partial charge >= 0.3 is 67.2 Å². The summed E-state index contributed by atoms with van der Waals surface area (Å²) in [6, 6.07) is 11.0. The summed E-state index contributed by atoms with van der Waals surface area (Å²) in [5.74, 6) is 0. The van der Waals surface area contributed by atoms with E-state index in [4.69, 9.17) is 0 Å². The normalized spacial score (nSPS) is 10.5. The molecule has 1 heteroatoms. The minimum atomic E-state index is -0.907. The van der Waals surface area contributed by atoms with Crippen molar-refractivity contribution in [2.24, 2.45) is 4.97 Å². The minimum absolute atomic E-state index is 0.907. The average molecular weight is 245 g/mol. The average Bonchev–Trinajstić information content (AvgIpc) is 2.34. The molecule has 0 aliphatic heterocycles. The van der Waals surface area contributed by atoms with Gasteiger partial charge in [0.05, 0.1) is 0 Å². The van der Waals surface area contributed by atoms with Crippen molar-refractivity contribution >= 4 is 27.8 Å². The molecule has 0 aliphatic rings. The molecule has 0 bridgehead atoms. The van der Waals surface area contributed by atoms with Crippen molar-refractivity contribution in [2.75, 3.05) is 0 Å². The van der Waals surface area contributed by atoms with Crippen LogP contribution in [-0.4, -0.2) is 19.1 Å². The van der Waals surface area contributed by atoms with Crippen LogP contribution in [0.3, 0.4) is 0 Å². The molecule has 1 aromatic heterocycles. The molecule has 10 heavy (non-hydrogen) atoms. The topological polar surface area (TPSA) is 0 Å². The van der Waals surface area contributed by atoms with Crippen LogP contribution < -0.4 is 0 Å². The second-order valence-electron chi connectivity index (χ2n) is 2.40. The van der Waals surface area contributed by atoms with Crippen molar-refractivity contribution in [2.45, 2.75) is 0 Å².